The van der Waals surface area contributed by atoms with E-state index in [1.807, 2.05) is 13.8 Å². The van der Waals surface area contributed by atoms with Crippen molar-refractivity contribution in [3.8, 4) is 0 Å². The van der Waals surface area contributed by atoms with Gasteiger partial charge in [-0.25, -0.2) is 8.42 Å². The number of hydrogen-bond donors (Lipinski definition) is 1. The average molecular weight is 276 g/mol. The molecule has 1 aliphatic carbocycles. The maximum atomic E-state index is 12.2. The fourth-order valence-electron chi connectivity index (χ4n) is 2.65. The van der Waals surface area contributed by atoms with Crippen molar-refractivity contribution >= 4 is 15.8 Å². The molecule has 0 spiro atoms. The van der Waals surface area contributed by atoms with Crippen LogP contribution in [0, 0.1) is 11.8 Å². The Morgan fingerprint density at radius 2 is 1.78 bits per heavy atom. The van der Waals surface area contributed by atoms with Crippen molar-refractivity contribution in [2.45, 2.75) is 57.6 Å². The zero-order valence-electron chi connectivity index (χ0n) is 11.3. The van der Waals surface area contributed by atoms with Crippen molar-refractivity contribution in [1.29, 1.82) is 0 Å². The van der Waals surface area contributed by atoms with Gasteiger partial charge in [-0.2, -0.15) is 0 Å². The van der Waals surface area contributed by atoms with Crippen LogP contribution in [0.4, 0.5) is 0 Å². The zero-order chi connectivity index (χ0) is 13.8. The summed E-state index contributed by atoms with van der Waals surface area (Å²) in [5.41, 5.74) is 0. The Morgan fingerprint density at radius 3 is 2.22 bits per heavy atom. The monoisotopic (exact) mass is 276 g/mol. The molecule has 106 valence electrons. The Morgan fingerprint density at radius 1 is 1.22 bits per heavy atom. The highest BCUT2D eigenvalue weighted by atomic mass is 32.2. The first-order valence-corrected chi connectivity index (χ1v) is 8.49. The maximum Gasteiger partial charge on any atom is 0.307 e. The summed E-state index contributed by atoms with van der Waals surface area (Å²) < 4.78 is 24.4. The minimum absolute atomic E-state index is 0.189. The van der Waals surface area contributed by atoms with Gasteiger partial charge in [-0.05, 0) is 25.2 Å². The average Bonchev–Trinajstić information content (AvgIpc) is 2.28. The summed E-state index contributed by atoms with van der Waals surface area (Å²) in [6.45, 7) is 3.84. The van der Waals surface area contributed by atoms with Gasteiger partial charge in [0.05, 0.1) is 16.9 Å². The first kappa shape index (κ1) is 15.5. The van der Waals surface area contributed by atoms with Crippen molar-refractivity contribution in [3.63, 3.8) is 0 Å². The molecular formula is C13H24O4S. The van der Waals surface area contributed by atoms with Crippen LogP contribution in [0.2, 0.25) is 0 Å². The molecule has 1 atom stereocenters. The molecule has 0 heterocycles. The third-order valence-electron chi connectivity index (χ3n) is 3.60. The second-order valence-corrected chi connectivity index (χ2v) is 8.08. The molecule has 1 saturated carbocycles. The van der Waals surface area contributed by atoms with E-state index < -0.39 is 21.7 Å². The van der Waals surface area contributed by atoms with E-state index in [0.717, 1.165) is 19.3 Å². The standard InChI is InChI=1S/C13H24O4S/c1-10(2)8-11(13(14)15)9-18(16,17)12-6-4-3-5-7-12/h10-12H,3-9H2,1-2H3,(H,14,15)/t11-/m1/s1. The van der Waals surface area contributed by atoms with Gasteiger partial charge < -0.3 is 5.11 Å². The van der Waals surface area contributed by atoms with Crippen molar-refractivity contribution in [2.75, 3.05) is 5.75 Å². The lowest BCUT2D eigenvalue weighted by Gasteiger charge is -2.24. The molecule has 1 N–H and O–H groups in total. The van der Waals surface area contributed by atoms with Gasteiger partial charge in [-0.15, -0.1) is 0 Å². The lowest BCUT2D eigenvalue weighted by atomic mass is 9.99. The molecule has 1 aliphatic rings. The van der Waals surface area contributed by atoms with Crippen LogP contribution in [-0.2, 0) is 14.6 Å². The van der Waals surface area contributed by atoms with Gasteiger partial charge in [-0.3, -0.25) is 4.79 Å². The van der Waals surface area contributed by atoms with Crippen molar-refractivity contribution < 1.29 is 18.3 Å². The highest BCUT2D eigenvalue weighted by Crippen LogP contribution is 2.26. The highest BCUT2D eigenvalue weighted by molar-refractivity contribution is 7.92. The fraction of sp³-hybridized carbons (Fsp3) is 0.923. The summed E-state index contributed by atoms with van der Waals surface area (Å²) in [6.07, 6.45) is 4.84. The molecule has 0 amide bonds. The topological polar surface area (TPSA) is 71.4 Å². The number of carboxylic acids is 1. The van der Waals surface area contributed by atoms with Gasteiger partial charge in [0.25, 0.3) is 0 Å². The van der Waals surface area contributed by atoms with E-state index in [1.54, 1.807) is 0 Å². The van der Waals surface area contributed by atoms with Crippen LogP contribution in [0.15, 0.2) is 0 Å². The predicted molar refractivity (Wildman–Crippen MR) is 71.2 cm³/mol. The zero-order valence-corrected chi connectivity index (χ0v) is 12.1. The number of carboxylic acid groups (broad SMARTS) is 1. The van der Waals surface area contributed by atoms with Crippen LogP contribution in [0.5, 0.6) is 0 Å². The highest BCUT2D eigenvalue weighted by Gasteiger charge is 2.32. The molecule has 1 fully saturated rings. The number of hydrogen-bond acceptors (Lipinski definition) is 3. The number of aliphatic carboxylic acids is 1. The van der Waals surface area contributed by atoms with E-state index in [2.05, 4.69) is 0 Å². The summed E-state index contributed by atoms with van der Waals surface area (Å²) >= 11 is 0. The largest absolute Gasteiger partial charge is 0.481 e. The molecule has 0 radical (unpaired) electrons. The van der Waals surface area contributed by atoms with Gasteiger partial charge >= 0.3 is 5.97 Å². The van der Waals surface area contributed by atoms with Crippen molar-refractivity contribution in [2.24, 2.45) is 11.8 Å². The quantitative estimate of drug-likeness (QED) is 0.809. The summed E-state index contributed by atoms with van der Waals surface area (Å²) in [7, 11) is -3.25. The Balaban J connectivity index is 2.68. The predicted octanol–water partition coefficient (Wildman–Crippen LogP) is 2.48. The second-order valence-electron chi connectivity index (χ2n) is 5.75. The molecule has 0 aromatic rings. The molecule has 0 unspecified atom stereocenters. The first-order chi connectivity index (χ1) is 8.33. The third kappa shape index (κ3) is 4.59. The molecule has 18 heavy (non-hydrogen) atoms. The van der Waals surface area contributed by atoms with Gasteiger partial charge in [-0.1, -0.05) is 33.1 Å². The van der Waals surface area contributed by atoms with Crippen LogP contribution in [0.25, 0.3) is 0 Å². The summed E-state index contributed by atoms with van der Waals surface area (Å²) in [5.74, 6) is -1.72. The van der Waals surface area contributed by atoms with Crippen molar-refractivity contribution in [3.05, 3.63) is 0 Å². The first-order valence-electron chi connectivity index (χ1n) is 6.77. The lowest BCUT2D eigenvalue weighted by Crippen LogP contribution is -2.33. The molecule has 0 aromatic carbocycles. The Bertz CT molecular complexity index is 366. The molecule has 0 saturated heterocycles. The molecule has 0 bridgehead atoms. The van der Waals surface area contributed by atoms with E-state index in [4.69, 9.17) is 5.11 Å². The van der Waals surface area contributed by atoms with Crippen LogP contribution in [0.3, 0.4) is 0 Å². The second kappa shape index (κ2) is 6.55. The molecular weight excluding hydrogens is 252 g/mol. The van der Waals surface area contributed by atoms with E-state index in [1.165, 1.54) is 0 Å². The summed E-state index contributed by atoms with van der Waals surface area (Å²) in [5, 5.41) is 8.81. The molecule has 0 aromatic heterocycles. The lowest BCUT2D eigenvalue weighted by molar-refractivity contribution is -0.141. The summed E-state index contributed by atoms with van der Waals surface area (Å²) in [6, 6.07) is 0. The number of sulfone groups is 1. The van der Waals surface area contributed by atoms with E-state index in [-0.39, 0.29) is 16.9 Å². The van der Waals surface area contributed by atoms with Gasteiger partial charge in [0.15, 0.2) is 9.84 Å². The van der Waals surface area contributed by atoms with Crippen molar-refractivity contribution in [1.82, 2.24) is 0 Å². The van der Waals surface area contributed by atoms with E-state index in [0.29, 0.717) is 19.3 Å². The van der Waals surface area contributed by atoms with E-state index >= 15 is 0 Å². The maximum absolute atomic E-state index is 12.2. The van der Waals surface area contributed by atoms with Crippen LogP contribution >= 0.6 is 0 Å². The SMILES string of the molecule is CC(C)C[C@H](CS(=O)(=O)C1CCCCC1)C(=O)O. The number of rotatable bonds is 6. The van der Waals surface area contributed by atoms with Crippen LogP contribution in [0.1, 0.15) is 52.4 Å². The summed E-state index contributed by atoms with van der Waals surface area (Å²) in [4.78, 5) is 11.1. The normalized spacial score (nSPS) is 19.9. The minimum atomic E-state index is -3.25. The van der Waals surface area contributed by atoms with Gasteiger partial charge in [0, 0.05) is 0 Å². The fourth-order valence-corrected chi connectivity index (χ4v) is 4.81. The van der Waals surface area contributed by atoms with E-state index in [9.17, 15) is 13.2 Å². The third-order valence-corrected chi connectivity index (χ3v) is 5.95. The van der Waals surface area contributed by atoms with Gasteiger partial charge in [0.2, 0.25) is 0 Å². The molecule has 1 rings (SSSR count). The Labute approximate surface area is 110 Å². The molecule has 4 nitrogen and oxygen atoms in total. The Kier molecular flexibility index (Phi) is 5.63. The molecule has 0 aliphatic heterocycles. The van der Waals surface area contributed by atoms with Crippen LogP contribution < -0.4 is 0 Å². The smallest absolute Gasteiger partial charge is 0.307 e. The van der Waals surface area contributed by atoms with Crippen LogP contribution in [-0.4, -0.2) is 30.5 Å². The number of carbonyl (C=O) groups is 1. The molecule has 5 heteroatoms. The minimum Gasteiger partial charge on any atom is -0.481 e. The Hall–Kier alpha value is -0.580. The van der Waals surface area contributed by atoms with Gasteiger partial charge in [0.1, 0.15) is 0 Å².